The van der Waals surface area contributed by atoms with E-state index in [-0.39, 0.29) is 24.0 Å². The van der Waals surface area contributed by atoms with Gasteiger partial charge in [0.05, 0.1) is 19.8 Å². The summed E-state index contributed by atoms with van der Waals surface area (Å²) in [5.74, 6) is 0.998. The molecule has 0 bridgehead atoms. The highest BCUT2D eigenvalue weighted by atomic mass is 127. The molecule has 18 heavy (non-hydrogen) atoms. The van der Waals surface area contributed by atoms with Crippen molar-refractivity contribution in [2.24, 2.45) is 4.99 Å². The molecule has 0 spiro atoms. The molecular weight excluding hydrogens is 343 g/mol. The second-order valence-electron chi connectivity index (χ2n) is 4.19. The Bertz CT molecular complexity index is 234. The van der Waals surface area contributed by atoms with Crippen LogP contribution in [0.5, 0.6) is 0 Å². The molecule has 0 atom stereocenters. The molecule has 0 aromatic carbocycles. The molecule has 0 saturated heterocycles. The van der Waals surface area contributed by atoms with E-state index in [9.17, 15) is 0 Å². The zero-order valence-corrected chi connectivity index (χ0v) is 14.1. The van der Waals surface area contributed by atoms with Crippen LogP contribution in [0.2, 0.25) is 0 Å². The van der Waals surface area contributed by atoms with Gasteiger partial charge in [-0.15, -0.1) is 24.0 Å². The molecule has 0 saturated carbocycles. The quantitative estimate of drug-likeness (QED) is 0.508. The molecule has 0 unspecified atom stereocenters. The van der Waals surface area contributed by atoms with Gasteiger partial charge in [0.15, 0.2) is 5.96 Å². The van der Waals surface area contributed by atoms with Gasteiger partial charge in [0.1, 0.15) is 0 Å². The van der Waals surface area contributed by atoms with Gasteiger partial charge >= 0.3 is 0 Å². The van der Waals surface area contributed by atoms with E-state index in [0.29, 0.717) is 0 Å². The van der Waals surface area contributed by atoms with Crippen molar-refractivity contribution in [3.8, 4) is 0 Å². The predicted octanol–water partition coefficient (Wildman–Crippen LogP) is 0.854. The van der Waals surface area contributed by atoms with E-state index in [1.807, 2.05) is 0 Å². The zero-order chi connectivity index (χ0) is 12.5. The third-order valence-electron chi connectivity index (χ3n) is 3.03. The topological polar surface area (TPSA) is 40.1 Å². The summed E-state index contributed by atoms with van der Waals surface area (Å²) < 4.78 is 5.59. The number of halogens is 1. The van der Waals surface area contributed by atoms with Gasteiger partial charge in [-0.1, -0.05) is 13.8 Å². The molecule has 0 aromatic heterocycles. The number of rotatable bonds is 8. The Kier molecular flexibility index (Phi) is 10.8. The normalized spacial score (nSPS) is 14.7. The number of nitrogens with one attached hydrogen (secondary N) is 1. The van der Waals surface area contributed by atoms with Gasteiger partial charge in [0, 0.05) is 26.7 Å². The van der Waals surface area contributed by atoms with E-state index in [0.717, 1.165) is 58.4 Å². The second-order valence-corrected chi connectivity index (χ2v) is 4.19. The molecule has 0 aliphatic carbocycles. The molecule has 1 aliphatic rings. The molecule has 0 aromatic rings. The molecule has 5 nitrogen and oxygen atoms in total. The molecule has 0 fully saturated rings. The summed E-state index contributed by atoms with van der Waals surface area (Å²) in [4.78, 5) is 8.86. The van der Waals surface area contributed by atoms with Crippen LogP contribution < -0.4 is 5.32 Å². The van der Waals surface area contributed by atoms with Crippen molar-refractivity contribution in [2.75, 3.05) is 59.5 Å². The lowest BCUT2D eigenvalue weighted by Crippen LogP contribution is -2.37. The largest absolute Gasteiger partial charge is 0.378 e. The van der Waals surface area contributed by atoms with E-state index < -0.39 is 0 Å². The highest BCUT2D eigenvalue weighted by Crippen LogP contribution is 1.94. The fraction of sp³-hybridized carbons (Fsp3) is 0.917. The van der Waals surface area contributed by atoms with E-state index in [2.05, 4.69) is 41.0 Å². The van der Waals surface area contributed by atoms with E-state index in [4.69, 9.17) is 4.74 Å². The molecule has 108 valence electrons. The zero-order valence-electron chi connectivity index (χ0n) is 11.8. The summed E-state index contributed by atoms with van der Waals surface area (Å²) in [5, 5.41) is 3.28. The first kappa shape index (κ1) is 17.9. The molecule has 0 amide bonds. The Balaban J connectivity index is 0.00000289. The minimum atomic E-state index is 0. The van der Waals surface area contributed by atoms with Crippen LogP contribution in [-0.2, 0) is 4.74 Å². The molecule has 0 radical (unpaired) electrons. The number of hydrogen-bond acceptors (Lipinski definition) is 5. The third kappa shape index (κ3) is 6.75. The summed E-state index contributed by atoms with van der Waals surface area (Å²) in [6, 6.07) is 0. The average Bonchev–Trinajstić information content (AvgIpc) is 2.74. The van der Waals surface area contributed by atoms with Crippen molar-refractivity contribution in [3.05, 3.63) is 0 Å². The lowest BCUT2D eigenvalue weighted by Gasteiger charge is -2.18. The van der Waals surface area contributed by atoms with Crippen LogP contribution in [0.3, 0.4) is 0 Å². The maximum Gasteiger partial charge on any atom is 0.193 e. The van der Waals surface area contributed by atoms with E-state index >= 15 is 0 Å². The summed E-state index contributed by atoms with van der Waals surface area (Å²) in [6.07, 6.45) is 0. The van der Waals surface area contributed by atoms with Crippen LogP contribution in [0.15, 0.2) is 4.99 Å². The van der Waals surface area contributed by atoms with Crippen LogP contribution in [0, 0.1) is 0 Å². The Hall–Kier alpha value is -0.0800. The number of nitrogens with zero attached hydrogens (tertiary/aromatic N) is 3. The van der Waals surface area contributed by atoms with Crippen molar-refractivity contribution in [1.29, 1.82) is 0 Å². The predicted molar refractivity (Wildman–Crippen MR) is 87.0 cm³/mol. The van der Waals surface area contributed by atoms with Gasteiger partial charge in [-0.25, -0.2) is 0 Å². The Morgan fingerprint density at radius 3 is 2.61 bits per heavy atom. The number of likely N-dealkylation sites (N-methyl/N-ethyl adjacent to an activating group) is 2. The molecule has 1 rings (SSSR count). The van der Waals surface area contributed by atoms with Crippen LogP contribution >= 0.6 is 24.0 Å². The maximum absolute atomic E-state index is 5.59. The number of ether oxygens (including phenoxy) is 1. The van der Waals surface area contributed by atoms with Crippen molar-refractivity contribution in [3.63, 3.8) is 0 Å². The average molecular weight is 370 g/mol. The second kappa shape index (κ2) is 10.8. The summed E-state index contributed by atoms with van der Waals surface area (Å²) >= 11 is 0. The smallest absolute Gasteiger partial charge is 0.193 e. The monoisotopic (exact) mass is 370 g/mol. The minimum absolute atomic E-state index is 0. The first-order chi connectivity index (χ1) is 8.27. The highest BCUT2D eigenvalue weighted by Gasteiger charge is 2.10. The van der Waals surface area contributed by atoms with Crippen molar-refractivity contribution in [1.82, 2.24) is 15.1 Å². The maximum atomic E-state index is 5.59. The fourth-order valence-electron chi connectivity index (χ4n) is 1.79. The van der Waals surface area contributed by atoms with Gasteiger partial charge in [-0.05, 0) is 13.1 Å². The third-order valence-corrected chi connectivity index (χ3v) is 3.03. The van der Waals surface area contributed by atoms with Gasteiger partial charge in [-0.2, -0.15) is 0 Å². The van der Waals surface area contributed by atoms with Crippen LogP contribution in [-0.4, -0.2) is 75.3 Å². The number of hydrogen-bond donors (Lipinski definition) is 1. The summed E-state index contributed by atoms with van der Waals surface area (Å²) in [6.45, 7) is 11.9. The summed E-state index contributed by atoms with van der Waals surface area (Å²) in [7, 11) is 2.06. The standard InChI is InChI=1S/C12H26N4O.HI/c1-4-16(5-2)9-11-17-10-7-14-12-13-6-8-15(12)3;/h4-11H2,1-3H3,(H,13,14);1H. The minimum Gasteiger partial charge on any atom is -0.378 e. The number of guanidine groups is 1. The Morgan fingerprint density at radius 2 is 2.06 bits per heavy atom. The van der Waals surface area contributed by atoms with Crippen LogP contribution in [0.1, 0.15) is 13.8 Å². The summed E-state index contributed by atoms with van der Waals surface area (Å²) in [5.41, 5.74) is 0. The first-order valence-electron chi connectivity index (χ1n) is 6.57. The molecule has 1 aliphatic heterocycles. The lowest BCUT2D eigenvalue weighted by atomic mass is 10.5. The van der Waals surface area contributed by atoms with Crippen LogP contribution in [0.4, 0.5) is 0 Å². The van der Waals surface area contributed by atoms with Gasteiger partial charge in [0.25, 0.3) is 0 Å². The molecular formula is C12H27IN4O. The van der Waals surface area contributed by atoms with Crippen molar-refractivity contribution in [2.45, 2.75) is 13.8 Å². The SMILES string of the molecule is CCN(CC)CCOCCNC1=NCCN1C.I. The molecule has 6 heteroatoms. The van der Waals surface area contributed by atoms with Crippen molar-refractivity contribution < 1.29 is 4.74 Å². The van der Waals surface area contributed by atoms with Gasteiger partial charge in [-0.3, -0.25) is 4.99 Å². The van der Waals surface area contributed by atoms with Gasteiger partial charge < -0.3 is 19.9 Å². The number of aliphatic imine (C=N–C) groups is 1. The highest BCUT2D eigenvalue weighted by molar-refractivity contribution is 14.0. The fourth-order valence-corrected chi connectivity index (χ4v) is 1.79. The first-order valence-corrected chi connectivity index (χ1v) is 6.57. The molecule has 1 heterocycles. The van der Waals surface area contributed by atoms with E-state index in [1.54, 1.807) is 0 Å². The molecule has 1 N–H and O–H groups in total. The van der Waals surface area contributed by atoms with Crippen LogP contribution in [0.25, 0.3) is 0 Å². The van der Waals surface area contributed by atoms with Gasteiger partial charge in [0.2, 0.25) is 0 Å². The Morgan fingerprint density at radius 1 is 1.33 bits per heavy atom. The Labute approximate surface area is 128 Å². The lowest BCUT2D eigenvalue weighted by molar-refractivity contribution is 0.110. The van der Waals surface area contributed by atoms with Crippen molar-refractivity contribution >= 4 is 29.9 Å². The van der Waals surface area contributed by atoms with E-state index in [1.165, 1.54) is 0 Å².